The first-order valence-electron chi connectivity index (χ1n) is 8.04. The fourth-order valence-electron chi connectivity index (χ4n) is 3.17. The molecule has 1 aromatic heterocycles. The van der Waals surface area contributed by atoms with Crippen molar-refractivity contribution in [1.82, 2.24) is 4.90 Å². The molecule has 0 saturated heterocycles. The molecule has 1 aliphatic heterocycles. The van der Waals surface area contributed by atoms with Gasteiger partial charge >= 0.3 is 0 Å². The van der Waals surface area contributed by atoms with Gasteiger partial charge in [0.05, 0.1) is 6.04 Å². The number of hydrogen-bond acceptors (Lipinski definition) is 3. The Balaban J connectivity index is 1.85. The second kappa shape index (κ2) is 7.01. The summed E-state index contributed by atoms with van der Waals surface area (Å²) in [5.74, 6) is -0.277. The van der Waals surface area contributed by atoms with Gasteiger partial charge in [0, 0.05) is 22.7 Å². The van der Waals surface area contributed by atoms with Gasteiger partial charge < -0.3 is 10.2 Å². The minimum Gasteiger partial charge on any atom is -0.331 e. The summed E-state index contributed by atoms with van der Waals surface area (Å²) >= 11 is 1.77. The van der Waals surface area contributed by atoms with E-state index in [1.54, 1.807) is 35.6 Å². The molecular formula is C19H20N2O2S. The molecule has 2 heterocycles. The number of amides is 2. The van der Waals surface area contributed by atoms with E-state index in [2.05, 4.69) is 30.3 Å². The molecule has 0 bridgehead atoms. The van der Waals surface area contributed by atoms with Crippen LogP contribution in [-0.4, -0.2) is 23.3 Å². The molecule has 124 valence electrons. The summed E-state index contributed by atoms with van der Waals surface area (Å²) in [5, 5.41) is 4.80. The number of hydrogen-bond donors (Lipinski definition) is 1. The molecule has 3 rings (SSSR count). The largest absolute Gasteiger partial charge is 0.331 e. The number of anilines is 1. The zero-order chi connectivity index (χ0) is 17.1. The van der Waals surface area contributed by atoms with Crippen LogP contribution in [0.2, 0.25) is 0 Å². The highest BCUT2D eigenvalue weighted by atomic mass is 32.1. The van der Waals surface area contributed by atoms with E-state index >= 15 is 0 Å². The van der Waals surface area contributed by atoms with Gasteiger partial charge in [-0.15, -0.1) is 11.3 Å². The van der Waals surface area contributed by atoms with Crippen molar-refractivity contribution in [2.45, 2.75) is 25.8 Å². The summed E-state index contributed by atoms with van der Waals surface area (Å²) < 4.78 is 0. The summed E-state index contributed by atoms with van der Waals surface area (Å²) in [6, 6.07) is 9.32. The summed E-state index contributed by atoms with van der Waals surface area (Å²) in [6.45, 7) is 6.28. The molecule has 0 spiro atoms. The van der Waals surface area contributed by atoms with Crippen molar-refractivity contribution in [1.29, 1.82) is 0 Å². The molecule has 0 aliphatic carbocycles. The number of carbonyl (C=O) groups is 2. The minimum absolute atomic E-state index is 0.00778. The Morgan fingerprint density at radius 2 is 2.25 bits per heavy atom. The van der Waals surface area contributed by atoms with Gasteiger partial charge in [-0.1, -0.05) is 19.6 Å². The average Bonchev–Trinajstić information content (AvgIpc) is 3.09. The third-order valence-electron chi connectivity index (χ3n) is 4.30. The van der Waals surface area contributed by atoms with Crippen molar-refractivity contribution in [3.8, 4) is 0 Å². The van der Waals surface area contributed by atoms with Gasteiger partial charge in [0.25, 0.3) is 5.91 Å². The normalized spacial score (nSPS) is 16.4. The molecule has 1 unspecified atom stereocenters. The monoisotopic (exact) mass is 340 g/mol. The Kier molecular flexibility index (Phi) is 4.81. The third-order valence-corrected chi connectivity index (χ3v) is 5.30. The van der Waals surface area contributed by atoms with E-state index in [1.807, 2.05) is 4.90 Å². The predicted octanol–water partition coefficient (Wildman–Crippen LogP) is 4.02. The number of fused-ring (bicyclic) bond motifs is 1. The van der Waals surface area contributed by atoms with E-state index in [1.165, 1.54) is 16.5 Å². The van der Waals surface area contributed by atoms with Crippen LogP contribution >= 0.6 is 11.3 Å². The number of nitrogens with one attached hydrogen (secondary N) is 1. The van der Waals surface area contributed by atoms with Gasteiger partial charge in [-0.05, 0) is 54.1 Å². The van der Waals surface area contributed by atoms with E-state index < -0.39 is 0 Å². The zero-order valence-corrected chi connectivity index (χ0v) is 14.4. The molecule has 1 aliphatic rings. The Bertz CT molecular complexity index is 781. The molecule has 2 aromatic rings. The van der Waals surface area contributed by atoms with Crippen LogP contribution in [0, 0.1) is 0 Å². The fraction of sp³-hybridized carbons (Fsp3) is 0.263. The highest BCUT2D eigenvalue weighted by molar-refractivity contribution is 7.10. The molecule has 24 heavy (non-hydrogen) atoms. The first kappa shape index (κ1) is 16.5. The molecular weight excluding hydrogens is 320 g/mol. The van der Waals surface area contributed by atoms with Crippen LogP contribution < -0.4 is 5.32 Å². The van der Waals surface area contributed by atoms with Crippen LogP contribution in [0.1, 0.15) is 40.2 Å². The average molecular weight is 340 g/mol. The first-order valence-corrected chi connectivity index (χ1v) is 8.92. The standard InChI is InChI=1S/C19H20N2O2S/c1-3-16-15-9-11-24-17(15)8-10-21(16)19(23)13-6-5-7-14(12-13)20-18(22)4-2/h4-7,9,11-12,16H,2-3,8,10H2,1H3,(H,20,22). The third kappa shape index (κ3) is 3.12. The van der Waals surface area contributed by atoms with E-state index in [-0.39, 0.29) is 17.9 Å². The van der Waals surface area contributed by atoms with Crippen molar-refractivity contribution in [2.75, 3.05) is 11.9 Å². The number of carbonyl (C=O) groups excluding carboxylic acids is 2. The fourth-order valence-corrected chi connectivity index (χ4v) is 4.10. The van der Waals surface area contributed by atoms with Gasteiger partial charge in [0.2, 0.25) is 5.91 Å². The summed E-state index contributed by atoms with van der Waals surface area (Å²) in [7, 11) is 0. The van der Waals surface area contributed by atoms with E-state index in [4.69, 9.17) is 0 Å². The van der Waals surface area contributed by atoms with E-state index in [9.17, 15) is 9.59 Å². The van der Waals surface area contributed by atoms with Crippen molar-refractivity contribution < 1.29 is 9.59 Å². The maximum atomic E-state index is 13.0. The quantitative estimate of drug-likeness (QED) is 0.855. The Labute approximate surface area is 145 Å². The molecule has 2 amide bonds. The molecule has 0 fully saturated rings. The predicted molar refractivity (Wildman–Crippen MR) is 97.4 cm³/mol. The lowest BCUT2D eigenvalue weighted by Gasteiger charge is -2.35. The molecule has 0 saturated carbocycles. The van der Waals surface area contributed by atoms with Crippen LogP contribution in [0.5, 0.6) is 0 Å². The SMILES string of the molecule is C=CC(=O)Nc1cccc(C(=O)N2CCc3sccc3C2CC)c1. The van der Waals surface area contributed by atoms with Crippen molar-refractivity contribution >= 4 is 28.8 Å². The zero-order valence-electron chi connectivity index (χ0n) is 13.6. The van der Waals surface area contributed by atoms with Crippen LogP contribution in [0.15, 0.2) is 48.4 Å². The van der Waals surface area contributed by atoms with Crippen LogP contribution in [-0.2, 0) is 11.2 Å². The number of rotatable bonds is 4. The van der Waals surface area contributed by atoms with Gasteiger partial charge in [-0.2, -0.15) is 0 Å². The summed E-state index contributed by atoms with van der Waals surface area (Å²) in [6.07, 6.45) is 3.01. The Morgan fingerprint density at radius 3 is 3.00 bits per heavy atom. The lowest BCUT2D eigenvalue weighted by molar-refractivity contribution is -0.111. The number of benzene rings is 1. The maximum absolute atomic E-state index is 13.0. The number of nitrogens with zero attached hydrogens (tertiary/aromatic N) is 1. The van der Waals surface area contributed by atoms with Crippen LogP contribution in [0.3, 0.4) is 0 Å². The lowest BCUT2D eigenvalue weighted by Crippen LogP contribution is -2.39. The van der Waals surface area contributed by atoms with Gasteiger partial charge in [0.15, 0.2) is 0 Å². The molecule has 1 atom stereocenters. The smallest absolute Gasteiger partial charge is 0.254 e. The first-order chi connectivity index (χ1) is 11.6. The van der Waals surface area contributed by atoms with Gasteiger partial charge in [-0.25, -0.2) is 0 Å². The van der Waals surface area contributed by atoms with E-state index in [0.29, 0.717) is 11.3 Å². The Morgan fingerprint density at radius 1 is 1.42 bits per heavy atom. The lowest BCUT2D eigenvalue weighted by atomic mass is 9.97. The maximum Gasteiger partial charge on any atom is 0.254 e. The van der Waals surface area contributed by atoms with Crippen LogP contribution in [0.4, 0.5) is 5.69 Å². The van der Waals surface area contributed by atoms with Crippen LogP contribution in [0.25, 0.3) is 0 Å². The highest BCUT2D eigenvalue weighted by Crippen LogP contribution is 2.36. The summed E-state index contributed by atoms with van der Waals surface area (Å²) in [5.41, 5.74) is 2.47. The topological polar surface area (TPSA) is 49.4 Å². The summed E-state index contributed by atoms with van der Waals surface area (Å²) in [4.78, 5) is 27.8. The van der Waals surface area contributed by atoms with Crippen molar-refractivity contribution in [3.63, 3.8) is 0 Å². The molecule has 1 N–H and O–H groups in total. The molecule has 4 nitrogen and oxygen atoms in total. The van der Waals surface area contributed by atoms with Crippen molar-refractivity contribution in [2.24, 2.45) is 0 Å². The molecule has 0 radical (unpaired) electrons. The highest BCUT2D eigenvalue weighted by Gasteiger charge is 2.30. The van der Waals surface area contributed by atoms with Gasteiger partial charge in [-0.3, -0.25) is 9.59 Å². The van der Waals surface area contributed by atoms with E-state index in [0.717, 1.165) is 19.4 Å². The van der Waals surface area contributed by atoms with Crippen molar-refractivity contribution in [3.05, 3.63) is 64.4 Å². The second-order valence-corrected chi connectivity index (χ2v) is 6.75. The van der Waals surface area contributed by atoms with Gasteiger partial charge in [0.1, 0.15) is 0 Å². The Hall–Kier alpha value is -2.40. The minimum atomic E-state index is -0.285. The molecule has 5 heteroatoms. The molecule has 1 aromatic carbocycles. The second-order valence-electron chi connectivity index (χ2n) is 5.75. The number of thiophene rings is 1.